The summed E-state index contributed by atoms with van der Waals surface area (Å²) in [4.78, 5) is 6.02. The fourth-order valence-corrected chi connectivity index (χ4v) is 6.01. The highest BCUT2D eigenvalue weighted by atomic mass is 127. The highest BCUT2D eigenvalue weighted by Crippen LogP contribution is 2.41. The minimum Gasteiger partial charge on any atom is -0.381 e. The van der Waals surface area contributed by atoms with Gasteiger partial charge in [-0.1, -0.05) is 25.3 Å². The monoisotopic (exact) mass is 523 g/mol. The molecule has 154 valence electrons. The fraction of sp³-hybridized carbons (Fsp3) is 0.750. The summed E-state index contributed by atoms with van der Waals surface area (Å²) in [6.45, 7) is 3.66. The van der Waals surface area contributed by atoms with Gasteiger partial charge in [-0.25, -0.2) is 0 Å². The number of guanidine groups is 1. The fourth-order valence-electron chi connectivity index (χ4n) is 4.23. The highest BCUT2D eigenvalue weighted by Gasteiger charge is 2.35. The van der Waals surface area contributed by atoms with Crippen LogP contribution in [0.2, 0.25) is 0 Å². The van der Waals surface area contributed by atoms with Crippen LogP contribution >= 0.6 is 47.1 Å². The maximum Gasteiger partial charge on any atom is 0.191 e. The molecule has 3 rings (SSSR count). The van der Waals surface area contributed by atoms with Crippen molar-refractivity contribution in [3.05, 3.63) is 22.4 Å². The van der Waals surface area contributed by atoms with E-state index in [1.165, 1.54) is 37.0 Å². The second kappa shape index (κ2) is 11.3. The van der Waals surface area contributed by atoms with Crippen molar-refractivity contribution in [1.29, 1.82) is 0 Å². The summed E-state index contributed by atoms with van der Waals surface area (Å²) < 4.78 is 5.83. The van der Waals surface area contributed by atoms with Crippen LogP contribution in [0.1, 0.15) is 49.8 Å². The third kappa shape index (κ3) is 6.00. The van der Waals surface area contributed by atoms with Crippen LogP contribution in [0.4, 0.5) is 0 Å². The second-order valence-electron chi connectivity index (χ2n) is 7.60. The summed E-state index contributed by atoms with van der Waals surface area (Å²) in [7, 11) is 1.88. The van der Waals surface area contributed by atoms with E-state index in [-0.39, 0.29) is 34.1 Å². The first kappa shape index (κ1) is 23.3. The summed E-state index contributed by atoms with van der Waals surface area (Å²) in [5, 5.41) is 9.47. The summed E-state index contributed by atoms with van der Waals surface area (Å²) >= 11 is 3.87. The predicted molar refractivity (Wildman–Crippen MR) is 130 cm³/mol. The van der Waals surface area contributed by atoms with Gasteiger partial charge in [0.1, 0.15) is 0 Å². The van der Waals surface area contributed by atoms with Crippen LogP contribution < -0.4 is 10.6 Å². The molecule has 0 atom stereocenters. The van der Waals surface area contributed by atoms with Crippen LogP contribution in [0, 0.1) is 0 Å². The first-order valence-corrected chi connectivity index (χ1v) is 11.9. The largest absolute Gasteiger partial charge is 0.381 e. The van der Waals surface area contributed by atoms with Crippen LogP contribution in [0.15, 0.2) is 22.5 Å². The third-order valence-corrected chi connectivity index (χ3v) is 8.62. The molecular formula is C20H34IN3OS2. The van der Waals surface area contributed by atoms with E-state index in [4.69, 9.17) is 4.74 Å². The normalized spacial score (nSPS) is 21.9. The Kier molecular flexibility index (Phi) is 9.71. The predicted octanol–water partition coefficient (Wildman–Crippen LogP) is 4.65. The lowest BCUT2D eigenvalue weighted by Gasteiger charge is -2.38. The van der Waals surface area contributed by atoms with Gasteiger partial charge in [-0.15, -0.1) is 35.3 Å². The lowest BCUT2D eigenvalue weighted by atomic mass is 9.73. The topological polar surface area (TPSA) is 45.7 Å². The van der Waals surface area contributed by atoms with E-state index in [0.717, 1.165) is 45.1 Å². The number of aliphatic imine (C=N–C) groups is 1. The molecule has 2 aliphatic rings. The van der Waals surface area contributed by atoms with Gasteiger partial charge in [0.25, 0.3) is 0 Å². The van der Waals surface area contributed by atoms with Crippen molar-refractivity contribution in [2.45, 2.75) is 55.1 Å². The number of nitrogens with one attached hydrogen (secondary N) is 2. The standard InChI is InChI=1S/C20H33N3OS2.HI/c1-21-18(23-16-20(25-2)10-12-24-13-11-20)22-15-19(8-4-3-5-9-19)17-7-6-14-26-17;/h6-7,14H,3-5,8-13,15-16H2,1-2H3,(H2,21,22,23);1H. The molecular weight excluding hydrogens is 489 g/mol. The summed E-state index contributed by atoms with van der Waals surface area (Å²) in [5.41, 5.74) is 0.278. The molecule has 0 spiro atoms. The minimum atomic E-state index is 0. The van der Waals surface area contributed by atoms with Crippen molar-refractivity contribution >= 4 is 53.0 Å². The van der Waals surface area contributed by atoms with E-state index in [1.807, 2.05) is 30.1 Å². The molecule has 2 fully saturated rings. The number of hydrogen-bond acceptors (Lipinski definition) is 4. The summed E-state index contributed by atoms with van der Waals surface area (Å²) in [5.74, 6) is 0.937. The number of halogens is 1. The zero-order chi connectivity index (χ0) is 18.3. The van der Waals surface area contributed by atoms with E-state index in [2.05, 4.69) is 39.4 Å². The van der Waals surface area contributed by atoms with Crippen LogP contribution in [0.5, 0.6) is 0 Å². The number of rotatable bonds is 6. The van der Waals surface area contributed by atoms with Gasteiger partial charge < -0.3 is 15.4 Å². The minimum absolute atomic E-state index is 0. The molecule has 0 aromatic carbocycles. The molecule has 1 aliphatic heterocycles. The van der Waals surface area contributed by atoms with Crippen LogP contribution in [-0.4, -0.2) is 50.3 Å². The quantitative estimate of drug-likeness (QED) is 0.324. The average Bonchev–Trinajstić information content (AvgIpc) is 3.25. The molecule has 0 bridgehead atoms. The Labute approximate surface area is 189 Å². The molecule has 0 unspecified atom stereocenters. The van der Waals surface area contributed by atoms with Crippen LogP contribution in [-0.2, 0) is 10.2 Å². The smallest absolute Gasteiger partial charge is 0.191 e. The van der Waals surface area contributed by atoms with Gasteiger partial charge in [-0.3, -0.25) is 4.99 Å². The van der Waals surface area contributed by atoms with Gasteiger partial charge in [0.15, 0.2) is 5.96 Å². The molecule has 1 aliphatic carbocycles. The SMILES string of the molecule is CN=C(NCC1(SC)CCOCC1)NCC1(c2cccs2)CCCCC1.I. The lowest BCUT2D eigenvalue weighted by molar-refractivity contribution is 0.0782. The van der Waals surface area contributed by atoms with Gasteiger partial charge >= 0.3 is 0 Å². The Morgan fingerprint density at radius 3 is 2.44 bits per heavy atom. The zero-order valence-corrected chi connectivity index (χ0v) is 20.6. The Balaban J connectivity index is 0.00000261. The molecule has 4 nitrogen and oxygen atoms in total. The zero-order valence-electron chi connectivity index (χ0n) is 16.6. The molecule has 2 N–H and O–H groups in total. The van der Waals surface area contributed by atoms with E-state index in [9.17, 15) is 0 Å². The maximum atomic E-state index is 5.56. The number of hydrogen-bond donors (Lipinski definition) is 2. The lowest BCUT2D eigenvalue weighted by Crippen LogP contribution is -2.50. The second-order valence-corrected chi connectivity index (χ2v) is 9.82. The molecule has 0 amide bonds. The van der Waals surface area contributed by atoms with Crippen molar-refractivity contribution < 1.29 is 4.74 Å². The van der Waals surface area contributed by atoms with Crippen molar-refractivity contribution in [1.82, 2.24) is 10.6 Å². The number of ether oxygens (including phenoxy) is 1. The molecule has 1 saturated carbocycles. The van der Waals surface area contributed by atoms with Crippen molar-refractivity contribution in [3.63, 3.8) is 0 Å². The number of thioether (sulfide) groups is 1. The number of thiophene rings is 1. The molecule has 7 heteroatoms. The van der Waals surface area contributed by atoms with Crippen molar-refractivity contribution in [3.8, 4) is 0 Å². The van der Waals surface area contributed by atoms with E-state index in [1.54, 1.807) is 0 Å². The van der Waals surface area contributed by atoms with E-state index >= 15 is 0 Å². The van der Waals surface area contributed by atoms with Crippen LogP contribution in [0.3, 0.4) is 0 Å². The molecule has 1 aromatic rings. The molecule has 0 radical (unpaired) electrons. The van der Waals surface area contributed by atoms with Crippen molar-refractivity contribution in [2.24, 2.45) is 4.99 Å². The summed E-state index contributed by atoms with van der Waals surface area (Å²) in [6, 6.07) is 4.51. The first-order valence-electron chi connectivity index (χ1n) is 9.83. The van der Waals surface area contributed by atoms with Gasteiger partial charge in [0, 0.05) is 48.4 Å². The first-order chi connectivity index (χ1) is 12.7. The Morgan fingerprint density at radius 2 is 1.85 bits per heavy atom. The van der Waals surface area contributed by atoms with Crippen LogP contribution in [0.25, 0.3) is 0 Å². The number of nitrogens with zero attached hydrogens (tertiary/aromatic N) is 1. The maximum absolute atomic E-state index is 5.56. The van der Waals surface area contributed by atoms with Gasteiger partial charge in [0.05, 0.1) is 0 Å². The molecule has 1 aromatic heterocycles. The summed E-state index contributed by atoms with van der Waals surface area (Å²) in [6.07, 6.45) is 11.0. The average molecular weight is 524 g/mol. The van der Waals surface area contributed by atoms with E-state index < -0.39 is 0 Å². The Bertz CT molecular complexity index is 568. The molecule has 1 saturated heterocycles. The van der Waals surface area contributed by atoms with E-state index in [0.29, 0.717) is 0 Å². The van der Waals surface area contributed by atoms with Gasteiger partial charge in [-0.05, 0) is 43.4 Å². The Morgan fingerprint density at radius 1 is 1.15 bits per heavy atom. The van der Waals surface area contributed by atoms with Crippen molar-refractivity contribution in [2.75, 3.05) is 39.6 Å². The van der Waals surface area contributed by atoms with Gasteiger partial charge in [0.2, 0.25) is 0 Å². The Hall–Kier alpha value is 0.01000. The highest BCUT2D eigenvalue weighted by molar-refractivity contribution is 14.0. The third-order valence-electron chi connectivity index (χ3n) is 6.09. The molecule has 27 heavy (non-hydrogen) atoms. The molecule has 2 heterocycles. The van der Waals surface area contributed by atoms with Gasteiger partial charge in [-0.2, -0.15) is 11.8 Å².